The van der Waals surface area contributed by atoms with Crippen molar-refractivity contribution in [1.82, 2.24) is 0 Å². The van der Waals surface area contributed by atoms with Crippen molar-refractivity contribution in [3.63, 3.8) is 0 Å². The van der Waals surface area contributed by atoms with E-state index in [9.17, 15) is 13.2 Å². The molecule has 2 aromatic carbocycles. The Morgan fingerprint density at radius 1 is 1.04 bits per heavy atom. The molecule has 0 fully saturated rings. The Hall–Kier alpha value is -2.54. The number of ether oxygens (including phenoxy) is 2. The summed E-state index contributed by atoms with van der Waals surface area (Å²) in [5, 5.41) is 0. The summed E-state index contributed by atoms with van der Waals surface area (Å²) in [6.07, 6.45) is 0. The Balaban J connectivity index is 2.03. The molecule has 0 bridgehead atoms. The van der Waals surface area contributed by atoms with Gasteiger partial charge in [-0.3, -0.25) is 4.72 Å². The highest BCUT2D eigenvalue weighted by atomic mass is 32.2. The second kappa shape index (κ2) is 8.71. The van der Waals surface area contributed by atoms with Gasteiger partial charge in [-0.25, -0.2) is 13.2 Å². The van der Waals surface area contributed by atoms with Crippen molar-refractivity contribution >= 4 is 21.7 Å². The van der Waals surface area contributed by atoms with Crippen LogP contribution in [0.5, 0.6) is 5.75 Å². The molecule has 0 unspecified atom stereocenters. The number of benzene rings is 2. The van der Waals surface area contributed by atoms with Gasteiger partial charge in [-0.15, -0.1) is 0 Å². The molecule has 0 aliphatic heterocycles. The maximum atomic E-state index is 12.5. The van der Waals surface area contributed by atoms with Crippen molar-refractivity contribution in [1.29, 1.82) is 0 Å². The summed E-state index contributed by atoms with van der Waals surface area (Å²) in [4.78, 5) is 11.4. The van der Waals surface area contributed by atoms with Crippen molar-refractivity contribution in [3.8, 4) is 5.75 Å². The summed E-state index contributed by atoms with van der Waals surface area (Å²) >= 11 is 0. The SMILES string of the molecule is CCOC(=O)COc1ccc(S(=O)(=O)Nc2ccc(C(C)C)cc2)cc1. The quantitative estimate of drug-likeness (QED) is 0.712. The van der Waals surface area contributed by atoms with Gasteiger partial charge in [-0.2, -0.15) is 0 Å². The molecule has 140 valence electrons. The van der Waals surface area contributed by atoms with Crippen LogP contribution < -0.4 is 9.46 Å². The second-order valence-corrected chi connectivity index (χ2v) is 7.63. The Morgan fingerprint density at radius 3 is 2.19 bits per heavy atom. The van der Waals surface area contributed by atoms with E-state index in [0.717, 1.165) is 5.56 Å². The van der Waals surface area contributed by atoms with Crippen LogP contribution >= 0.6 is 0 Å². The molecule has 0 spiro atoms. The first-order valence-electron chi connectivity index (χ1n) is 8.33. The fourth-order valence-electron chi connectivity index (χ4n) is 2.21. The van der Waals surface area contributed by atoms with Gasteiger partial charge in [0.1, 0.15) is 5.75 Å². The zero-order valence-electron chi connectivity index (χ0n) is 15.1. The number of hydrogen-bond acceptors (Lipinski definition) is 5. The lowest BCUT2D eigenvalue weighted by molar-refractivity contribution is -0.145. The molecule has 2 aromatic rings. The van der Waals surface area contributed by atoms with E-state index in [1.54, 1.807) is 19.1 Å². The monoisotopic (exact) mass is 377 g/mol. The van der Waals surface area contributed by atoms with Gasteiger partial charge >= 0.3 is 5.97 Å². The highest BCUT2D eigenvalue weighted by Crippen LogP contribution is 2.21. The number of carbonyl (C=O) groups excluding carboxylic acids is 1. The normalized spacial score (nSPS) is 11.2. The molecule has 0 amide bonds. The Kier molecular flexibility index (Phi) is 6.63. The van der Waals surface area contributed by atoms with Crippen molar-refractivity contribution in [2.45, 2.75) is 31.6 Å². The standard InChI is InChI=1S/C19H23NO5S/c1-4-24-19(21)13-25-17-9-11-18(12-10-17)26(22,23)20-16-7-5-15(6-8-16)14(2)3/h5-12,14,20H,4,13H2,1-3H3. The van der Waals surface area contributed by atoms with E-state index >= 15 is 0 Å². The highest BCUT2D eigenvalue weighted by molar-refractivity contribution is 7.92. The zero-order valence-corrected chi connectivity index (χ0v) is 15.9. The van der Waals surface area contributed by atoms with Crippen LogP contribution in [0, 0.1) is 0 Å². The van der Waals surface area contributed by atoms with Crippen molar-refractivity contribution < 1.29 is 22.7 Å². The average Bonchev–Trinajstić information content (AvgIpc) is 2.61. The fourth-order valence-corrected chi connectivity index (χ4v) is 3.27. The smallest absolute Gasteiger partial charge is 0.344 e. The average molecular weight is 377 g/mol. The number of nitrogens with one attached hydrogen (secondary N) is 1. The van der Waals surface area contributed by atoms with Gasteiger partial charge in [-0.05, 0) is 54.8 Å². The summed E-state index contributed by atoms with van der Waals surface area (Å²) in [6, 6.07) is 13.1. The van der Waals surface area contributed by atoms with E-state index in [2.05, 4.69) is 18.6 Å². The van der Waals surface area contributed by atoms with E-state index in [1.165, 1.54) is 24.3 Å². The van der Waals surface area contributed by atoms with Gasteiger partial charge in [0.05, 0.1) is 11.5 Å². The van der Waals surface area contributed by atoms with E-state index in [-0.39, 0.29) is 18.1 Å². The second-order valence-electron chi connectivity index (χ2n) is 5.95. The molecule has 0 saturated heterocycles. The minimum atomic E-state index is -3.70. The molecule has 0 atom stereocenters. The Labute approximate surface area is 154 Å². The minimum absolute atomic E-state index is 0.105. The van der Waals surface area contributed by atoms with Crippen molar-refractivity contribution in [2.24, 2.45) is 0 Å². The van der Waals surface area contributed by atoms with Gasteiger partial charge in [0.15, 0.2) is 6.61 Å². The topological polar surface area (TPSA) is 81.7 Å². The summed E-state index contributed by atoms with van der Waals surface area (Å²) in [6.45, 7) is 5.92. The molecule has 0 aliphatic carbocycles. The number of carbonyl (C=O) groups is 1. The van der Waals surface area contributed by atoms with Crippen LogP contribution in [0.25, 0.3) is 0 Å². The van der Waals surface area contributed by atoms with Crippen LogP contribution in [0.15, 0.2) is 53.4 Å². The molecule has 0 aromatic heterocycles. The summed E-state index contributed by atoms with van der Waals surface area (Å²) in [5.74, 6) is 0.289. The lowest BCUT2D eigenvalue weighted by atomic mass is 10.0. The minimum Gasteiger partial charge on any atom is -0.482 e. The maximum absolute atomic E-state index is 12.5. The lowest BCUT2D eigenvalue weighted by Crippen LogP contribution is -2.15. The first-order chi connectivity index (χ1) is 12.3. The van der Waals surface area contributed by atoms with Crippen molar-refractivity contribution in [3.05, 3.63) is 54.1 Å². The number of sulfonamides is 1. The van der Waals surface area contributed by atoms with Gasteiger partial charge in [0.25, 0.3) is 10.0 Å². The fraction of sp³-hybridized carbons (Fsp3) is 0.316. The highest BCUT2D eigenvalue weighted by Gasteiger charge is 2.14. The molecular formula is C19H23NO5S. The number of esters is 1. The van der Waals surface area contributed by atoms with E-state index < -0.39 is 16.0 Å². The van der Waals surface area contributed by atoms with E-state index in [0.29, 0.717) is 17.4 Å². The molecule has 1 N–H and O–H groups in total. The largest absolute Gasteiger partial charge is 0.482 e. The van der Waals surface area contributed by atoms with Gasteiger partial charge in [0.2, 0.25) is 0 Å². The predicted octanol–water partition coefficient (Wildman–Crippen LogP) is 3.55. The number of rotatable bonds is 8. The van der Waals surface area contributed by atoms with Crippen LogP contribution in [0.1, 0.15) is 32.3 Å². The molecule has 0 heterocycles. The van der Waals surface area contributed by atoms with Crippen molar-refractivity contribution in [2.75, 3.05) is 17.9 Å². The zero-order chi connectivity index (χ0) is 19.2. The van der Waals surface area contributed by atoms with Crippen LogP contribution in [0.2, 0.25) is 0 Å². The third kappa shape index (κ3) is 5.49. The first kappa shape index (κ1) is 19.8. The molecule has 7 heteroatoms. The van der Waals surface area contributed by atoms with E-state index in [4.69, 9.17) is 9.47 Å². The third-order valence-corrected chi connectivity index (χ3v) is 5.02. The van der Waals surface area contributed by atoms with Crippen LogP contribution in [0.4, 0.5) is 5.69 Å². The van der Waals surface area contributed by atoms with E-state index in [1.807, 2.05) is 12.1 Å². The van der Waals surface area contributed by atoms with Gasteiger partial charge in [-0.1, -0.05) is 26.0 Å². The van der Waals surface area contributed by atoms with Crippen LogP contribution in [-0.2, 0) is 19.6 Å². The Morgan fingerprint density at radius 2 is 1.65 bits per heavy atom. The molecule has 0 saturated carbocycles. The number of hydrogen-bond donors (Lipinski definition) is 1. The molecule has 26 heavy (non-hydrogen) atoms. The predicted molar refractivity (Wildman–Crippen MR) is 99.9 cm³/mol. The third-order valence-electron chi connectivity index (χ3n) is 3.63. The summed E-state index contributed by atoms with van der Waals surface area (Å²) in [5.41, 5.74) is 1.63. The molecule has 2 rings (SSSR count). The van der Waals surface area contributed by atoms with Gasteiger partial charge < -0.3 is 9.47 Å². The van der Waals surface area contributed by atoms with Gasteiger partial charge in [0, 0.05) is 5.69 Å². The lowest BCUT2D eigenvalue weighted by Gasteiger charge is -2.11. The Bertz CT molecular complexity index is 827. The summed E-state index contributed by atoms with van der Waals surface area (Å²) < 4.78 is 37.5. The summed E-state index contributed by atoms with van der Waals surface area (Å²) in [7, 11) is -3.70. The molecule has 0 aliphatic rings. The molecule has 0 radical (unpaired) electrons. The van der Waals surface area contributed by atoms with Crippen LogP contribution in [-0.4, -0.2) is 27.6 Å². The molecular weight excluding hydrogens is 354 g/mol. The molecule has 6 nitrogen and oxygen atoms in total. The van der Waals surface area contributed by atoms with Crippen LogP contribution in [0.3, 0.4) is 0 Å². The first-order valence-corrected chi connectivity index (χ1v) is 9.81. The number of anilines is 1. The maximum Gasteiger partial charge on any atom is 0.344 e.